The Morgan fingerprint density at radius 3 is 2.12 bits per heavy atom. The Kier molecular flexibility index (Phi) is 13.0. The van der Waals surface area contributed by atoms with Crippen LogP contribution >= 0.6 is 35.7 Å². The van der Waals surface area contributed by atoms with Crippen molar-refractivity contribution in [3.8, 4) is 0 Å². The molecule has 1 unspecified atom stereocenters. The summed E-state index contributed by atoms with van der Waals surface area (Å²) in [6.45, 7) is 15.4. The fourth-order valence-electron chi connectivity index (χ4n) is 1.71. The van der Waals surface area contributed by atoms with Crippen LogP contribution in [0, 0.1) is 5.92 Å². The lowest BCUT2D eigenvalue weighted by Crippen LogP contribution is -2.51. The second-order valence-electron chi connectivity index (χ2n) is 7.77. The number of carbonyl (C=O) groups is 1. The number of aliphatic imine (C=N–C) groups is 1. The molecule has 0 bridgehead atoms. The summed E-state index contributed by atoms with van der Waals surface area (Å²) < 4.78 is 5.46. The molecule has 0 aromatic heterocycles. The normalized spacial score (nSPS) is 13.8. The van der Waals surface area contributed by atoms with E-state index in [2.05, 4.69) is 54.9 Å². The van der Waals surface area contributed by atoms with Gasteiger partial charge in [0.1, 0.15) is 5.60 Å². The van der Waals surface area contributed by atoms with Gasteiger partial charge in [0.2, 0.25) is 0 Å². The van der Waals surface area contributed by atoms with Crippen molar-refractivity contribution in [2.45, 2.75) is 64.9 Å². The summed E-state index contributed by atoms with van der Waals surface area (Å²) in [5, 5.41) is 9.52. The summed E-state index contributed by atoms with van der Waals surface area (Å²) in [7, 11) is 1.74. The van der Waals surface area contributed by atoms with Crippen LogP contribution in [-0.4, -0.2) is 54.8 Å². The topological polar surface area (TPSA) is 74.8 Å². The number of amides is 1. The molecule has 150 valence electrons. The van der Waals surface area contributed by atoms with Gasteiger partial charge in [0.25, 0.3) is 0 Å². The first-order valence-electron chi connectivity index (χ1n) is 8.39. The van der Waals surface area contributed by atoms with Crippen LogP contribution in [0.5, 0.6) is 0 Å². The van der Waals surface area contributed by atoms with Crippen molar-refractivity contribution in [2.24, 2.45) is 10.9 Å². The molecule has 0 aromatic carbocycles. The summed E-state index contributed by atoms with van der Waals surface area (Å²) in [6.07, 6.45) is 1.70. The maximum absolute atomic E-state index is 12.0. The maximum Gasteiger partial charge on any atom is 0.407 e. The van der Waals surface area contributed by atoms with E-state index in [9.17, 15) is 4.79 Å². The monoisotopic (exact) mass is 488 g/mol. The highest BCUT2D eigenvalue weighted by molar-refractivity contribution is 14.0. The number of rotatable bonds is 7. The fraction of sp³-hybridized carbons (Fsp3) is 0.882. The van der Waals surface area contributed by atoms with Gasteiger partial charge in [0, 0.05) is 24.9 Å². The van der Waals surface area contributed by atoms with Gasteiger partial charge in [-0.1, -0.05) is 13.8 Å². The molecule has 1 amide bonds. The van der Waals surface area contributed by atoms with E-state index < -0.39 is 11.7 Å². The van der Waals surface area contributed by atoms with Crippen LogP contribution in [-0.2, 0) is 4.74 Å². The SMILES string of the molecule is CN=C(NCC(NC(=O)OC(C)(C)C)C(C)C)NCC(C)(C)SC.I. The molecule has 0 aromatic rings. The summed E-state index contributed by atoms with van der Waals surface area (Å²) in [4.78, 5) is 16.2. The molecule has 25 heavy (non-hydrogen) atoms. The van der Waals surface area contributed by atoms with Crippen molar-refractivity contribution in [1.29, 1.82) is 0 Å². The molecule has 0 aliphatic rings. The average Bonchev–Trinajstić information content (AvgIpc) is 2.43. The molecule has 0 aliphatic carbocycles. The number of hydrogen-bond acceptors (Lipinski definition) is 4. The fourth-order valence-corrected chi connectivity index (χ4v) is 1.92. The quantitative estimate of drug-likeness (QED) is 0.291. The van der Waals surface area contributed by atoms with Crippen LogP contribution in [0.25, 0.3) is 0 Å². The first kappa shape index (κ1) is 26.8. The maximum atomic E-state index is 12.0. The van der Waals surface area contributed by atoms with E-state index in [4.69, 9.17) is 4.74 Å². The largest absolute Gasteiger partial charge is 0.444 e. The molecule has 0 spiro atoms. The molecule has 0 fully saturated rings. The number of nitrogens with zero attached hydrogens (tertiary/aromatic N) is 1. The smallest absolute Gasteiger partial charge is 0.407 e. The second-order valence-corrected chi connectivity index (χ2v) is 9.28. The van der Waals surface area contributed by atoms with E-state index in [-0.39, 0.29) is 40.7 Å². The van der Waals surface area contributed by atoms with Crippen LogP contribution in [0.15, 0.2) is 4.99 Å². The third-order valence-electron chi connectivity index (χ3n) is 3.45. The van der Waals surface area contributed by atoms with Crippen LogP contribution in [0.1, 0.15) is 48.5 Å². The van der Waals surface area contributed by atoms with Gasteiger partial charge in [-0.2, -0.15) is 11.8 Å². The van der Waals surface area contributed by atoms with Crippen LogP contribution < -0.4 is 16.0 Å². The number of halogens is 1. The lowest BCUT2D eigenvalue weighted by Gasteiger charge is -2.27. The zero-order valence-corrected chi connectivity index (χ0v) is 20.3. The summed E-state index contributed by atoms with van der Waals surface area (Å²) in [5.41, 5.74) is -0.500. The first-order chi connectivity index (χ1) is 10.9. The first-order valence-corrected chi connectivity index (χ1v) is 9.62. The van der Waals surface area contributed by atoms with Gasteiger partial charge >= 0.3 is 6.09 Å². The van der Waals surface area contributed by atoms with Crippen molar-refractivity contribution < 1.29 is 9.53 Å². The lowest BCUT2D eigenvalue weighted by atomic mass is 10.0. The van der Waals surface area contributed by atoms with E-state index in [0.717, 1.165) is 12.5 Å². The van der Waals surface area contributed by atoms with Gasteiger partial charge in [0.05, 0.1) is 6.04 Å². The zero-order chi connectivity index (χ0) is 19.0. The van der Waals surface area contributed by atoms with E-state index in [0.29, 0.717) is 6.54 Å². The van der Waals surface area contributed by atoms with Gasteiger partial charge in [0.15, 0.2) is 5.96 Å². The predicted molar refractivity (Wildman–Crippen MR) is 120 cm³/mol. The van der Waals surface area contributed by atoms with Gasteiger partial charge in [-0.3, -0.25) is 4.99 Å². The summed E-state index contributed by atoms with van der Waals surface area (Å²) >= 11 is 1.80. The molecule has 0 heterocycles. The standard InChI is InChI=1S/C17H36N4O2S.HI/c1-12(2)13(21-15(22)23-16(3,4)5)10-19-14(18-8)20-11-17(6,7)24-9;/h12-13H,10-11H2,1-9H3,(H,21,22)(H2,18,19,20);1H. The number of hydrogen-bond donors (Lipinski definition) is 3. The Morgan fingerprint density at radius 2 is 1.72 bits per heavy atom. The third kappa shape index (κ3) is 13.5. The molecule has 0 radical (unpaired) electrons. The Labute approximate surface area is 175 Å². The van der Waals surface area contributed by atoms with Crippen molar-refractivity contribution in [1.82, 2.24) is 16.0 Å². The van der Waals surface area contributed by atoms with E-state index in [1.807, 2.05) is 20.8 Å². The van der Waals surface area contributed by atoms with E-state index >= 15 is 0 Å². The molecular weight excluding hydrogens is 451 g/mol. The number of guanidine groups is 1. The zero-order valence-electron chi connectivity index (χ0n) is 17.1. The molecule has 3 N–H and O–H groups in total. The molecule has 6 nitrogen and oxygen atoms in total. The Hall–Kier alpha value is -0.380. The molecule has 0 rings (SSSR count). The Bertz CT molecular complexity index is 423. The molecule has 8 heteroatoms. The van der Waals surface area contributed by atoms with E-state index in [1.54, 1.807) is 18.8 Å². The number of ether oxygens (including phenoxy) is 1. The predicted octanol–water partition coefficient (Wildman–Crippen LogP) is 3.46. The van der Waals surface area contributed by atoms with Crippen molar-refractivity contribution in [3.05, 3.63) is 0 Å². The highest BCUT2D eigenvalue weighted by Gasteiger charge is 2.22. The third-order valence-corrected chi connectivity index (χ3v) is 4.70. The lowest BCUT2D eigenvalue weighted by molar-refractivity contribution is 0.0491. The van der Waals surface area contributed by atoms with Crippen molar-refractivity contribution in [3.63, 3.8) is 0 Å². The van der Waals surface area contributed by atoms with Gasteiger partial charge in [-0.25, -0.2) is 4.79 Å². The number of thioether (sulfide) groups is 1. The minimum absolute atomic E-state index is 0. The minimum Gasteiger partial charge on any atom is -0.444 e. The van der Waals surface area contributed by atoms with Crippen molar-refractivity contribution >= 4 is 47.8 Å². The molecule has 1 atom stereocenters. The molecule has 0 aliphatic heterocycles. The molecule has 0 saturated carbocycles. The van der Waals surface area contributed by atoms with Crippen LogP contribution in [0.3, 0.4) is 0 Å². The van der Waals surface area contributed by atoms with Crippen LogP contribution in [0.4, 0.5) is 4.79 Å². The highest BCUT2D eigenvalue weighted by Crippen LogP contribution is 2.19. The summed E-state index contributed by atoms with van der Waals surface area (Å²) in [6, 6.07) is -0.0491. The Morgan fingerprint density at radius 1 is 1.16 bits per heavy atom. The number of carbonyl (C=O) groups excluding carboxylic acids is 1. The molecule has 0 saturated heterocycles. The minimum atomic E-state index is -0.500. The van der Waals surface area contributed by atoms with Crippen LogP contribution in [0.2, 0.25) is 0 Å². The van der Waals surface area contributed by atoms with E-state index in [1.165, 1.54) is 0 Å². The Balaban J connectivity index is 0. The van der Waals surface area contributed by atoms with Crippen molar-refractivity contribution in [2.75, 3.05) is 26.4 Å². The number of alkyl carbamates (subject to hydrolysis) is 1. The average molecular weight is 488 g/mol. The van der Waals surface area contributed by atoms with Gasteiger partial charge in [-0.15, -0.1) is 24.0 Å². The molecular formula is C17H37IN4O2S. The van der Waals surface area contributed by atoms with Gasteiger partial charge < -0.3 is 20.7 Å². The van der Waals surface area contributed by atoms with Gasteiger partial charge in [-0.05, 0) is 46.8 Å². The summed E-state index contributed by atoms with van der Waals surface area (Å²) in [5.74, 6) is 1.000. The second kappa shape index (κ2) is 12.1. The highest BCUT2D eigenvalue weighted by atomic mass is 127. The number of nitrogens with one attached hydrogen (secondary N) is 3.